The Labute approximate surface area is 91.3 Å². The molecule has 1 atom stereocenters. The summed E-state index contributed by atoms with van der Waals surface area (Å²) in [6.07, 6.45) is 8.22. The van der Waals surface area contributed by atoms with E-state index in [0.29, 0.717) is 11.9 Å². The highest BCUT2D eigenvalue weighted by Gasteiger charge is 2.02. The minimum Gasteiger partial charge on any atom is -0.382 e. The first-order valence-corrected chi connectivity index (χ1v) is 5.56. The lowest BCUT2D eigenvalue weighted by Crippen LogP contribution is -2.16. The average Bonchev–Trinajstić information content (AvgIpc) is 2.22. The summed E-state index contributed by atoms with van der Waals surface area (Å²) in [6.45, 7) is 4.37. The van der Waals surface area contributed by atoms with Crippen molar-refractivity contribution < 1.29 is 0 Å². The first kappa shape index (κ1) is 11.8. The van der Waals surface area contributed by atoms with Crippen LogP contribution < -0.4 is 11.1 Å². The molecule has 84 valence electrons. The molecule has 1 aromatic rings. The van der Waals surface area contributed by atoms with E-state index >= 15 is 0 Å². The van der Waals surface area contributed by atoms with Gasteiger partial charge in [-0.15, -0.1) is 0 Å². The van der Waals surface area contributed by atoms with Crippen molar-refractivity contribution in [2.24, 2.45) is 0 Å². The van der Waals surface area contributed by atoms with Crippen molar-refractivity contribution in [3.05, 3.63) is 12.4 Å². The molecule has 0 fully saturated rings. The molecule has 1 rings (SSSR count). The van der Waals surface area contributed by atoms with Gasteiger partial charge in [0.1, 0.15) is 11.6 Å². The Morgan fingerprint density at radius 2 is 2.13 bits per heavy atom. The third-order valence-electron chi connectivity index (χ3n) is 2.31. The Bertz CT molecular complexity index is 270. The van der Waals surface area contributed by atoms with Crippen molar-refractivity contribution in [2.75, 3.05) is 11.1 Å². The molecule has 0 amide bonds. The van der Waals surface area contributed by atoms with Crippen LogP contribution in [0.4, 0.5) is 11.6 Å². The van der Waals surface area contributed by atoms with Gasteiger partial charge in [-0.2, -0.15) is 0 Å². The average molecular weight is 208 g/mol. The maximum absolute atomic E-state index is 5.45. The van der Waals surface area contributed by atoms with E-state index in [-0.39, 0.29) is 0 Å². The van der Waals surface area contributed by atoms with Crippen molar-refractivity contribution >= 4 is 11.6 Å². The van der Waals surface area contributed by atoms with E-state index in [1.807, 2.05) is 0 Å². The standard InChI is InChI=1S/C11H20N4/c1-3-4-5-6-9(2)15-11-8-13-10(12)7-14-11/h7-9H,3-6H2,1-2H3,(H2,12,13)(H,14,15). The number of hydrogen-bond acceptors (Lipinski definition) is 4. The van der Waals surface area contributed by atoms with Crippen molar-refractivity contribution in [1.29, 1.82) is 0 Å². The Hall–Kier alpha value is -1.32. The number of aromatic nitrogens is 2. The molecule has 0 radical (unpaired) electrons. The van der Waals surface area contributed by atoms with E-state index in [1.54, 1.807) is 12.4 Å². The van der Waals surface area contributed by atoms with E-state index in [1.165, 1.54) is 25.7 Å². The second kappa shape index (κ2) is 6.22. The van der Waals surface area contributed by atoms with Crippen molar-refractivity contribution in [3.63, 3.8) is 0 Å². The highest BCUT2D eigenvalue weighted by atomic mass is 15.0. The fourth-order valence-electron chi connectivity index (χ4n) is 1.44. The second-order valence-electron chi connectivity index (χ2n) is 3.87. The van der Waals surface area contributed by atoms with E-state index in [2.05, 4.69) is 29.1 Å². The molecule has 15 heavy (non-hydrogen) atoms. The second-order valence-corrected chi connectivity index (χ2v) is 3.87. The molecule has 1 unspecified atom stereocenters. The van der Waals surface area contributed by atoms with Crippen LogP contribution >= 0.6 is 0 Å². The van der Waals surface area contributed by atoms with Gasteiger partial charge >= 0.3 is 0 Å². The molecule has 0 aromatic carbocycles. The Balaban J connectivity index is 2.31. The van der Waals surface area contributed by atoms with Crippen LogP contribution in [0.3, 0.4) is 0 Å². The summed E-state index contributed by atoms with van der Waals surface area (Å²) in [5, 5.41) is 3.30. The van der Waals surface area contributed by atoms with Crippen LogP contribution in [0.25, 0.3) is 0 Å². The molecular weight excluding hydrogens is 188 g/mol. The maximum atomic E-state index is 5.45. The van der Waals surface area contributed by atoms with Crippen LogP contribution in [0.1, 0.15) is 39.5 Å². The van der Waals surface area contributed by atoms with Crippen LogP contribution in [0.15, 0.2) is 12.4 Å². The number of unbranched alkanes of at least 4 members (excludes halogenated alkanes) is 2. The Morgan fingerprint density at radius 3 is 2.73 bits per heavy atom. The van der Waals surface area contributed by atoms with Gasteiger partial charge in [0, 0.05) is 6.04 Å². The molecule has 0 bridgehead atoms. The van der Waals surface area contributed by atoms with Gasteiger partial charge in [-0.3, -0.25) is 0 Å². The van der Waals surface area contributed by atoms with Gasteiger partial charge in [-0.25, -0.2) is 9.97 Å². The summed E-state index contributed by atoms with van der Waals surface area (Å²) in [6, 6.07) is 0.439. The monoisotopic (exact) mass is 208 g/mol. The first-order valence-electron chi connectivity index (χ1n) is 5.56. The molecule has 1 aromatic heterocycles. The smallest absolute Gasteiger partial charge is 0.144 e. The number of hydrogen-bond donors (Lipinski definition) is 2. The van der Waals surface area contributed by atoms with Crippen LogP contribution in [0.2, 0.25) is 0 Å². The molecule has 0 aliphatic rings. The fourth-order valence-corrected chi connectivity index (χ4v) is 1.44. The predicted octanol–water partition coefficient (Wildman–Crippen LogP) is 2.44. The molecule has 0 spiro atoms. The van der Waals surface area contributed by atoms with Gasteiger partial charge in [0.05, 0.1) is 12.4 Å². The zero-order chi connectivity index (χ0) is 11.1. The van der Waals surface area contributed by atoms with Gasteiger partial charge in [-0.05, 0) is 13.3 Å². The predicted molar refractivity (Wildman–Crippen MR) is 63.7 cm³/mol. The third-order valence-corrected chi connectivity index (χ3v) is 2.31. The fraction of sp³-hybridized carbons (Fsp3) is 0.636. The lowest BCUT2D eigenvalue weighted by molar-refractivity contribution is 0.613. The molecule has 0 aliphatic carbocycles. The first-order chi connectivity index (χ1) is 7.22. The highest BCUT2D eigenvalue weighted by molar-refractivity contribution is 5.36. The number of nitrogens with zero attached hydrogens (tertiary/aromatic N) is 2. The summed E-state index contributed by atoms with van der Waals surface area (Å²) in [7, 11) is 0. The normalized spacial score (nSPS) is 12.4. The Kier molecular flexibility index (Phi) is 4.87. The SMILES string of the molecule is CCCCCC(C)Nc1cnc(N)cn1. The van der Waals surface area contributed by atoms with Crippen LogP contribution in [-0.4, -0.2) is 16.0 Å². The van der Waals surface area contributed by atoms with Crippen molar-refractivity contribution in [2.45, 2.75) is 45.6 Å². The number of nitrogens with one attached hydrogen (secondary N) is 1. The minimum absolute atomic E-state index is 0.439. The van der Waals surface area contributed by atoms with E-state index in [4.69, 9.17) is 5.73 Å². The number of nitrogen functional groups attached to an aromatic ring is 1. The van der Waals surface area contributed by atoms with E-state index in [0.717, 1.165) is 5.82 Å². The molecule has 0 saturated heterocycles. The lowest BCUT2D eigenvalue weighted by atomic mass is 10.1. The minimum atomic E-state index is 0.439. The van der Waals surface area contributed by atoms with Gasteiger partial charge < -0.3 is 11.1 Å². The summed E-state index contributed by atoms with van der Waals surface area (Å²) in [5.74, 6) is 1.26. The molecule has 4 nitrogen and oxygen atoms in total. The quantitative estimate of drug-likeness (QED) is 0.705. The van der Waals surface area contributed by atoms with Gasteiger partial charge in [0.2, 0.25) is 0 Å². The summed E-state index contributed by atoms with van der Waals surface area (Å²) < 4.78 is 0. The van der Waals surface area contributed by atoms with Crippen molar-refractivity contribution in [1.82, 2.24) is 9.97 Å². The molecule has 0 saturated carbocycles. The molecule has 1 heterocycles. The highest BCUT2D eigenvalue weighted by Crippen LogP contribution is 2.09. The Morgan fingerprint density at radius 1 is 1.33 bits per heavy atom. The molecule has 4 heteroatoms. The number of nitrogens with two attached hydrogens (primary N) is 1. The van der Waals surface area contributed by atoms with Gasteiger partial charge in [0.15, 0.2) is 0 Å². The lowest BCUT2D eigenvalue weighted by Gasteiger charge is -2.13. The maximum Gasteiger partial charge on any atom is 0.144 e. The number of rotatable bonds is 6. The van der Waals surface area contributed by atoms with Gasteiger partial charge in [0.25, 0.3) is 0 Å². The van der Waals surface area contributed by atoms with Gasteiger partial charge in [-0.1, -0.05) is 26.2 Å². The number of anilines is 2. The molecular formula is C11H20N4. The zero-order valence-corrected chi connectivity index (χ0v) is 9.53. The summed E-state index contributed by atoms with van der Waals surface area (Å²) in [4.78, 5) is 8.13. The third kappa shape index (κ3) is 4.63. The summed E-state index contributed by atoms with van der Waals surface area (Å²) >= 11 is 0. The topological polar surface area (TPSA) is 63.8 Å². The largest absolute Gasteiger partial charge is 0.382 e. The van der Waals surface area contributed by atoms with Crippen molar-refractivity contribution in [3.8, 4) is 0 Å². The van der Waals surface area contributed by atoms with E-state index < -0.39 is 0 Å². The van der Waals surface area contributed by atoms with Crippen LogP contribution in [0.5, 0.6) is 0 Å². The molecule has 3 N–H and O–H groups in total. The van der Waals surface area contributed by atoms with Crippen LogP contribution in [0, 0.1) is 0 Å². The van der Waals surface area contributed by atoms with Crippen LogP contribution in [-0.2, 0) is 0 Å². The molecule has 0 aliphatic heterocycles. The van der Waals surface area contributed by atoms with E-state index in [9.17, 15) is 0 Å². The summed E-state index contributed by atoms with van der Waals surface area (Å²) in [5.41, 5.74) is 5.45. The zero-order valence-electron chi connectivity index (χ0n) is 9.53.